The SMILES string of the molecule is COc1cc(Cl)ccc1N(C(=O)O)C(O)c1cccc(OC)c1OC. The van der Waals surface area contributed by atoms with Crippen LogP contribution in [0.15, 0.2) is 36.4 Å². The van der Waals surface area contributed by atoms with Crippen LogP contribution in [0.1, 0.15) is 11.8 Å². The third-order valence-corrected chi connectivity index (χ3v) is 3.80. The fourth-order valence-electron chi connectivity index (χ4n) is 2.44. The van der Waals surface area contributed by atoms with E-state index in [1.807, 2.05) is 0 Å². The number of ether oxygens (including phenoxy) is 3. The standard InChI is InChI=1S/C17H18ClNO6/c1-23-13-6-4-5-11(15(13)25-3)16(20)19(17(21)22)12-8-7-10(18)9-14(12)24-2/h4-9,16,20H,1-3H3,(H,21,22). The molecular formula is C17H18ClNO6. The number of amides is 1. The summed E-state index contributed by atoms with van der Waals surface area (Å²) in [5.74, 6) is 0.806. The summed E-state index contributed by atoms with van der Waals surface area (Å²) in [6.45, 7) is 0. The summed E-state index contributed by atoms with van der Waals surface area (Å²) < 4.78 is 15.7. The molecule has 1 amide bonds. The van der Waals surface area contributed by atoms with Gasteiger partial charge in [0.15, 0.2) is 17.7 Å². The van der Waals surface area contributed by atoms with E-state index in [1.165, 1.54) is 39.5 Å². The summed E-state index contributed by atoms with van der Waals surface area (Å²) in [7, 11) is 4.24. The van der Waals surface area contributed by atoms with Crippen molar-refractivity contribution < 1.29 is 29.2 Å². The Balaban J connectivity index is 2.58. The number of methoxy groups -OCH3 is 3. The molecule has 0 aliphatic heterocycles. The highest BCUT2D eigenvalue weighted by Gasteiger charge is 2.30. The van der Waals surface area contributed by atoms with Gasteiger partial charge in [-0.25, -0.2) is 9.69 Å². The van der Waals surface area contributed by atoms with Crippen molar-refractivity contribution in [2.24, 2.45) is 0 Å². The Kier molecular flexibility index (Phi) is 5.95. The summed E-state index contributed by atoms with van der Waals surface area (Å²) >= 11 is 5.92. The fourth-order valence-corrected chi connectivity index (χ4v) is 2.61. The predicted octanol–water partition coefficient (Wildman–Crippen LogP) is 3.54. The first kappa shape index (κ1) is 18.7. The minimum absolute atomic E-state index is 0.136. The number of anilines is 1. The monoisotopic (exact) mass is 367 g/mol. The third kappa shape index (κ3) is 3.72. The van der Waals surface area contributed by atoms with E-state index in [9.17, 15) is 15.0 Å². The second-order valence-electron chi connectivity index (χ2n) is 4.93. The molecule has 134 valence electrons. The van der Waals surface area contributed by atoms with Crippen molar-refractivity contribution in [2.75, 3.05) is 26.2 Å². The number of nitrogens with zero attached hydrogens (tertiary/aromatic N) is 1. The molecule has 0 bridgehead atoms. The van der Waals surface area contributed by atoms with Gasteiger partial charge >= 0.3 is 6.09 Å². The molecular weight excluding hydrogens is 350 g/mol. The molecule has 0 aromatic heterocycles. The zero-order valence-corrected chi connectivity index (χ0v) is 14.6. The summed E-state index contributed by atoms with van der Waals surface area (Å²) in [6.07, 6.45) is -2.93. The number of benzene rings is 2. The van der Waals surface area contributed by atoms with Crippen molar-refractivity contribution in [1.29, 1.82) is 0 Å². The first-order valence-corrected chi connectivity index (χ1v) is 7.57. The fraction of sp³-hybridized carbons (Fsp3) is 0.235. The Morgan fingerprint density at radius 1 is 1.08 bits per heavy atom. The number of hydrogen-bond acceptors (Lipinski definition) is 5. The maximum absolute atomic E-state index is 11.8. The summed E-state index contributed by atoms with van der Waals surface area (Å²) in [4.78, 5) is 12.6. The van der Waals surface area contributed by atoms with Gasteiger partial charge in [0.05, 0.1) is 27.0 Å². The molecule has 2 aromatic carbocycles. The highest BCUT2D eigenvalue weighted by molar-refractivity contribution is 6.30. The minimum atomic E-state index is -1.56. The van der Waals surface area contributed by atoms with Gasteiger partial charge in [0.2, 0.25) is 0 Å². The zero-order valence-electron chi connectivity index (χ0n) is 13.9. The minimum Gasteiger partial charge on any atom is -0.495 e. The molecule has 0 spiro atoms. The second-order valence-corrected chi connectivity index (χ2v) is 5.36. The Morgan fingerprint density at radius 2 is 1.76 bits per heavy atom. The van der Waals surface area contributed by atoms with Gasteiger partial charge in [-0.1, -0.05) is 23.7 Å². The first-order valence-electron chi connectivity index (χ1n) is 7.19. The molecule has 0 aliphatic carbocycles. The number of hydrogen-bond donors (Lipinski definition) is 2. The molecule has 0 heterocycles. The van der Waals surface area contributed by atoms with Crippen LogP contribution in [0.5, 0.6) is 17.2 Å². The van der Waals surface area contributed by atoms with Crippen LogP contribution < -0.4 is 19.1 Å². The normalized spacial score (nSPS) is 11.6. The number of rotatable bonds is 6. The number of aliphatic hydroxyl groups excluding tert-OH is 1. The molecule has 2 aromatic rings. The maximum Gasteiger partial charge on any atom is 0.414 e. The van der Waals surface area contributed by atoms with Gasteiger partial charge in [-0.05, 0) is 18.2 Å². The van der Waals surface area contributed by atoms with Gasteiger partial charge < -0.3 is 24.4 Å². The number of aliphatic hydroxyl groups is 1. The van der Waals surface area contributed by atoms with Crippen LogP contribution in [0, 0.1) is 0 Å². The molecule has 0 saturated heterocycles. The van der Waals surface area contributed by atoms with E-state index in [2.05, 4.69) is 0 Å². The van der Waals surface area contributed by atoms with Crippen molar-refractivity contribution in [2.45, 2.75) is 6.23 Å². The van der Waals surface area contributed by atoms with Gasteiger partial charge in [-0.2, -0.15) is 0 Å². The lowest BCUT2D eigenvalue weighted by Crippen LogP contribution is -2.34. The van der Waals surface area contributed by atoms with Crippen LogP contribution in [-0.2, 0) is 0 Å². The smallest absolute Gasteiger partial charge is 0.414 e. The molecule has 8 heteroatoms. The first-order chi connectivity index (χ1) is 11.9. The summed E-state index contributed by atoms with van der Waals surface area (Å²) in [5, 5.41) is 20.8. The molecule has 1 atom stereocenters. The Labute approximate surface area is 149 Å². The molecule has 25 heavy (non-hydrogen) atoms. The third-order valence-electron chi connectivity index (χ3n) is 3.56. The number of halogens is 1. The zero-order chi connectivity index (χ0) is 18.6. The van der Waals surface area contributed by atoms with Crippen LogP contribution in [0.4, 0.5) is 10.5 Å². The van der Waals surface area contributed by atoms with E-state index in [0.29, 0.717) is 10.8 Å². The lowest BCUT2D eigenvalue weighted by Gasteiger charge is -2.28. The highest BCUT2D eigenvalue weighted by Crippen LogP contribution is 2.40. The Bertz CT molecular complexity index is 767. The van der Waals surface area contributed by atoms with Gasteiger partial charge in [-0.3, -0.25) is 0 Å². The molecule has 0 radical (unpaired) electrons. The predicted molar refractivity (Wildman–Crippen MR) is 93.0 cm³/mol. The van der Waals surface area contributed by atoms with Crippen LogP contribution in [0.3, 0.4) is 0 Å². The van der Waals surface area contributed by atoms with E-state index in [-0.39, 0.29) is 22.7 Å². The van der Waals surface area contributed by atoms with Gasteiger partial charge in [0.1, 0.15) is 5.75 Å². The Hall–Kier alpha value is -2.64. The largest absolute Gasteiger partial charge is 0.495 e. The average Bonchev–Trinajstić information content (AvgIpc) is 2.61. The average molecular weight is 368 g/mol. The van der Waals surface area contributed by atoms with Crippen LogP contribution in [-0.4, -0.2) is 37.6 Å². The van der Waals surface area contributed by atoms with E-state index in [0.717, 1.165) is 4.90 Å². The molecule has 0 aliphatic rings. The van der Waals surface area contributed by atoms with Gasteiger partial charge in [-0.15, -0.1) is 0 Å². The Morgan fingerprint density at radius 3 is 2.32 bits per heavy atom. The van der Waals surface area contributed by atoms with E-state index < -0.39 is 12.3 Å². The lowest BCUT2D eigenvalue weighted by molar-refractivity contribution is 0.145. The summed E-state index contributed by atoms with van der Waals surface area (Å²) in [6, 6.07) is 9.23. The van der Waals surface area contributed by atoms with Crippen LogP contribution >= 0.6 is 11.6 Å². The van der Waals surface area contributed by atoms with Crippen molar-refractivity contribution >= 4 is 23.4 Å². The lowest BCUT2D eigenvalue weighted by atomic mass is 10.1. The highest BCUT2D eigenvalue weighted by atomic mass is 35.5. The van der Waals surface area contributed by atoms with E-state index >= 15 is 0 Å². The number of para-hydroxylation sites is 1. The van der Waals surface area contributed by atoms with Gasteiger partial charge in [0.25, 0.3) is 0 Å². The van der Waals surface area contributed by atoms with E-state index in [1.54, 1.807) is 18.2 Å². The molecule has 2 N–H and O–H groups in total. The quantitative estimate of drug-likeness (QED) is 0.759. The number of carboxylic acid groups (broad SMARTS) is 1. The molecule has 0 saturated carbocycles. The van der Waals surface area contributed by atoms with E-state index in [4.69, 9.17) is 25.8 Å². The molecule has 0 fully saturated rings. The topological polar surface area (TPSA) is 88.5 Å². The number of carbonyl (C=O) groups is 1. The van der Waals surface area contributed by atoms with Crippen molar-refractivity contribution in [3.8, 4) is 17.2 Å². The van der Waals surface area contributed by atoms with Crippen molar-refractivity contribution in [3.63, 3.8) is 0 Å². The van der Waals surface area contributed by atoms with Crippen molar-refractivity contribution in [1.82, 2.24) is 0 Å². The summed E-state index contributed by atoms with van der Waals surface area (Å²) in [5.41, 5.74) is 0.359. The van der Waals surface area contributed by atoms with Gasteiger partial charge in [0, 0.05) is 16.7 Å². The van der Waals surface area contributed by atoms with Crippen molar-refractivity contribution in [3.05, 3.63) is 47.0 Å². The molecule has 7 nitrogen and oxygen atoms in total. The van der Waals surface area contributed by atoms with Crippen LogP contribution in [0.2, 0.25) is 5.02 Å². The molecule has 2 rings (SSSR count). The maximum atomic E-state index is 11.8. The second kappa shape index (κ2) is 7.96. The van der Waals surface area contributed by atoms with Crippen LogP contribution in [0.25, 0.3) is 0 Å². The molecule has 1 unspecified atom stereocenters.